The second-order valence-electron chi connectivity index (χ2n) is 8.14. The lowest BCUT2D eigenvalue weighted by atomic mass is 9.86. The second kappa shape index (κ2) is 7.96. The zero-order chi connectivity index (χ0) is 23.1. The van der Waals surface area contributed by atoms with Crippen molar-refractivity contribution < 1.29 is 26.3 Å². The number of pyridine rings is 2. The third-order valence-electron chi connectivity index (χ3n) is 4.58. The molecule has 166 valence electrons. The van der Waals surface area contributed by atoms with E-state index >= 15 is 0 Å². The van der Waals surface area contributed by atoms with E-state index in [1.54, 1.807) is 20.8 Å². The summed E-state index contributed by atoms with van der Waals surface area (Å²) in [6, 6.07) is 2.06. The zero-order valence-electron chi connectivity index (χ0n) is 17.3. The van der Waals surface area contributed by atoms with Crippen molar-refractivity contribution in [2.75, 3.05) is 17.6 Å². The summed E-state index contributed by atoms with van der Waals surface area (Å²) in [7, 11) is 0. The first-order valence-corrected chi connectivity index (χ1v) is 9.18. The lowest BCUT2D eigenvalue weighted by Gasteiger charge is -2.25. The van der Waals surface area contributed by atoms with Crippen LogP contribution in [0.4, 0.5) is 38.0 Å². The van der Waals surface area contributed by atoms with Gasteiger partial charge in [0, 0.05) is 24.1 Å². The van der Waals surface area contributed by atoms with Gasteiger partial charge in [0.2, 0.25) is 0 Å². The van der Waals surface area contributed by atoms with E-state index in [4.69, 9.17) is 5.73 Å². The molecule has 0 saturated heterocycles. The fourth-order valence-electron chi connectivity index (χ4n) is 3.19. The van der Waals surface area contributed by atoms with Crippen LogP contribution in [-0.4, -0.2) is 16.5 Å². The highest BCUT2D eigenvalue weighted by atomic mass is 19.4. The molecule has 0 aromatic carbocycles. The SMILES string of the molecule is Cc1cc(NCCc2nc(N)cc(C(F)(F)F)c2C)nc(C(C)(C)C)c1C(F)(F)F. The Morgan fingerprint density at radius 3 is 2.03 bits per heavy atom. The molecule has 2 heterocycles. The Labute approximate surface area is 170 Å². The number of anilines is 2. The first kappa shape index (κ1) is 23.8. The van der Waals surface area contributed by atoms with E-state index in [1.807, 2.05) is 0 Å². The second-order valence-corrected chi connectivity index (χ2v) is 8.14. The smallest absolute Gasteiger partial charge is 0.384 e. The number of aromatic nitrogens is 2. The van der Waals surface area contributed by atoms with E-state index in [0.29, 0.717) is 0 Å². The topological polar surface area (TPSA) is 63.8 Å². The number of nitrogens with two attached hydrogens (primary N) is 1. The summed E-state index contributed by atoms with van der Waals surface area (Å²) >= 11 is 0. The van der Waals surface area contributed by atoms with E-state index < -0.39 is 28.9 Å². The molecule has 4 nitrogen and oxygen atoms in total. The lowest BCUT2D eigenvalue weighted by Crippen LogP contribution is -2.24. The molecular formula is C20H24F6N4. The number of nitrogens with zero attached hydrogens (tertiary/aromatic N) is 2. The maximum absolute atomic E-state index is 13.5. The van der Waals surface area contributed by atoms with E-state index in [1.165, 1.54) is 19.9 Å². The third kappa shape index (κ3) is 5.34. The van der Waals surface area contributed by atoms with Gasteiger partial charge in [0.15, 0.2) is 0 Å². The summed E-state index contributed by atoms with van der Waals surface area (Å²) in [6.45, 7) is 7.67. The van der Waals surface area contributed by atoms with E-state index in [0.717, 1.165) is 6.07 Å². The third-order valence-corrected chi connectivity index (χ3v) is 4.58. The van der Waals surface area contributed by atoms with Crippen LogP contribution in [0.2, 0.25) is 0 Å². The van der Waals surface area contributed by atoms with Gasteiger partial charge in [-0.2, -0.15) is 26.3 Å². The average Bonchev–Trinajstić information content (AvgIpc) is 2.54. The summed E-state index contributed by atoms with van der Waals surface area (Å²) in [5, 5.41) is 2.89. The predicted molar refractivity (Wildman–Crippen MR) is 103 cm³/mol. The van der Waals surface area contributed by atoms with Gasteiger partial charge < -0.3 is 11.1 Å². The Bertz CT molecular complexity index is 927. The van der Waals surface area contributed by atoms with Gasteiger partial charge in [0.25, 0.3) is 0 Å². The van der Waals surface area contributed by atoms with Gasteiger partial charge in [-0.3, -0.25) is 0 Å². The zero-order valence-corrected chi connectivity index (χ0v) is 17.3. The maximum Gasteiger partial charge on any atom is 0.418 e. The number of nitrogens with one attached hydrogen (secondary N) is 1. The highest BCUT2D eigenvalue weighted by Crippen LogP contribution is 2.39. The number of rotatable bonds is 4. The number of hydrogen-bond acceptors (Lipinski definition) is 4. The molecule has 0 unspecified atom stereocenters. The molecule has 0 radical (unpaired) electrons. The van der Waals surface area contributed by atoms with Crippen LogP contribution in [0.5, 0.6) is 0 Å². The molecular weight excluding hydrogens is 410 g/mol. The van der Waals surface area contributed by atoms with Crippen molar-refractivity contribution in [3.8, 4) is 0 Å². The van der Waals surface area contributed by atoms with E-state index in [2.05, 4.69) is 15.3 Å². The molecule has 0 bridgehead atoms. The number of aryl methyl sites for hydroxylation is 1. The van der Waals surface area contributed by atoms with Gasteiger partial charge >= 0.3 is 12.4 Å². The van der Waals surface area contributed by atoms with Crippen LogP contribution in [0, 0.1) is 13.8 Å². The Hall–Kier alpha value is -2.52. The van der Waals surface area contributed by atoms with Crippen LogP contribution >= 0.6 is 0 Å². The molecule has 30 heavy (non-hydrogen) atoms. The van der Waals surface area contributed by atoms with Crippen molar-refractivity contribution in [3.05, 3.63) is 45.8 Å². The Balaban J connectivity index is 2.30. The molecule has 2 aromatic heterocycles. The number of halogens is 6. The average molecular weight is 434 g/mol. The van der Waals surface area contributed by atoms with Crippen LogP contribution in [0.25, 0.3) is 0 Å². The Morgan fingerprint density at radius 2 is 1.53 bits per heavy atom. The minimum atomic E-state index is -4.56. The van der Waals surface area contributed by atoms with Crippen molar-refractivity contribution in [1.29, 1.82) is 0 Å². The minimum Gasteiger partial charge on any atom is -0.384 e. The number of nitrogen functional groups attached to an aromatic ring is 1. The molecule has 0 aliphatic heterocycles. The van der Waals surface area contributed by atoms with Crippen molar-refractivity contribution in [2.45, 2.75) is 58.8 Å². The van der Waals surface area contributed by atoms with Crippen molar-refractivity contribution in [3.63, 3.8) is 0 Å². The summed E-state index contributed by atoms with van der Waals surface area (Å²) in [6.07, 6.45) is -9.02. The summed E-state index contributed by atoms with van der Waals surface area (Å²) in [5.74, 6) is -0.0375. The van der Waals surface area contributed by atoms with Crippen LogP contribution in [-0.2, 0) is 24.2 Å². The van der Waals surface area contributed by atoms with Crippen LogP contribution in [0.15, 0.2) is 12.1 Å². The minimum absolute atomic E-state index is 0.0162. The molecule has 2 aromatic rings. The molecule has 0 fully saturated rings. The molecule has 2 rings (SSSR count). The highest BCUT2D eigenvalue weighted by Gasteiger charge is 2.39. The molecule has 0 amide bonds. The standard InChI is InChI=1S/C20H24F6N4/c1-10-8-15(30-17(18(3,4)5)16(10)20(24,25)26)28-7-6-13-11(2)12(19(21,22)23)9-14(27)29-13/h8-9H,6-7H2,1-5H3,(H2,27,29)(H,28,30). The number of hydrogen-bond donors (Lipinski definition) is 2. The lowest BCUT2D eigenvalue weighted by molar-refractivity contribution is -0.139. The maximum atomic E-state index is 13.5. The summed E-state index contributed by atoms with van der Waals surface area (Å²) < 4.78 is 79.9. The normalized spacial score (nSPS) is 12.9. The molecule has 0 saturated carbocycles. The molecule has 0 atom stereocenters. The van der Waals surface area contributed by atoms with Crippen molar-refractivity contribution in [2.24, 2.45) is 0 Å². The van der Waals surface area contributed by atoms with Gasteiger partial charge in [0.1, 0.15) is 11.6 Å². The fourth-order valence-corrected chi connectivity index (χ4v) is 3.19. The van der Waals surface area contributed by atoms with Crippen LogP contribution in [0.1, 0.15) is 54.4 Å². The molecule has 0 aliphatic carbocycles. The Kier molecular flexibility index (Phi) is 6.30. The van der Waals surface area contributed by atoms with E-state index in [-0.39, 0.29) is 47.1 Å². The summed E-state index contributed by atoms with van der Waals surface area (Å²) in [4.78, 5) is 8.11. The van der Waals surface area contributed by atoms with Crippen molar-refractivity contribution in [1.82, 2.24) is 9.97 Å². The molecule has 0 spiro atoms. The van der Waals surface area contributed by atoms with Gasteiger partial charge in [-0.05, 0) is 37.1 Å². The molecule has 0 aliphatic rings. The van der Waals surface area contributed by atoms with Gasteiger partial charge in [-0.1, -0.05) is 20.8 Å². The fraction of sp³-hybridized carbons (Fsp3) is 0.500. The summed E-state index contributed by atoms with van der Waals surface area (Å²) in [5.41, 5.74) is 3.05. The van der Waals surface area contributed by atoms with Crippen LogP contribution in [0.3, 0.4) is 0 Å². The molecule has 10 heteroatoms. The van der Waals surface area contributed by atoms with Gasteiger partial charge in [-0.15, -0.1) is 0 Å². The Morgan fingerprint density at radius 1 is 0.933 bits per heavy atom. The molecule has 3 N–H and O–H groups in total. The first-order chi connectivity index (χ1) is 13.5. The first-order valence-electron chi connectivity index (χ1n) is 9.18. The highest BCUT2D eigenvalue weighted by molar-refractivity contribution is 5.48. The van der Waals surface area contributed by atoms with E-state index in [9.17, 15) is 26.3 Å². The monoisotopic (exact) mass is 434 g/mol. The van der Waals surface area contributed by atoms with Gasteiger partial charge in [0.05, 0.1) is 16.8 Å². The van der Waals surface area contributed by atoms with Crippen LogP contribution < -0.4 is 11.1 Å². The van der Waals surface area contributed by atoms with Crippen molar-refractivity contribution >= 4 is 11.6 Å². The largest absolute Gasteiger partial charge is 0.418 e. The number of alkyl halides is 6. The quantitative estimate of drug-likeness (QED) is 0.609. The predicted octanol–water partition coefficient (Wildman–Crippen LogP) is 5.67. The van der Waals surface area contributed by atoms with Gasteiger partial charge in [-0.25, -0.2) is 9.97 Å².